The minimum absolute atomic E-state index is 0.265. The smallest absolute Gasteiger partial charge is 0.338 e. The van der Waals surface area contributed by atoms with Crippen LogP contribution in [0, 0.1) is 0 Å². The van der Waals surface area contributed by atoms with Gasteiger partial charge < -0.3 is 20.1 Å². The molecule has 0 spiro atoms. The maximum Gasteiger partial charge on any atom is 0.338 e. The van der Waals surface area contributed by atoms with Crippen molar-refractivity contribution in [3.8, 4) is 5.75 Å². The maximum absolute atomic E-state index is 13.0. The van der Waals surface area contributed by atoms with Gasteiger partial charge in [-0.2, -0.15) is 0 Å². The van der Waals surface area contributed by atoms with Crippen LogP contribution < -0.4 is 15.4 Å². The second kappa shape index (κ2) is 10.9. The summed E-state index contributed by atoms with van der Waals surface area (Å²) in [4.78, 5) is 13.0. The van der Waals surface area contributed by atoms with Crippen LogP contribution >= 0.6 is 35.4 Å². The van der Waals surface area contributed by atoms with Crippen molar-refractivity contribution in [1.82, 2.24) is 10.6 Å². The van der Waals surface area contributed by atoms with Gasteiger partial charge in [-0.25, -0.2) is 4.79 Å². The summed E-state index contributed by atoms with van der Waals surface area (Å²) in [7, 11) is 0. The third-order valence-electron chi connectivity index (χ3n) is 5.25. The molecule has 4 rings (SSSR count). The quantitative estimate of drug-likeness (QED) is 0.296. The Morgan fingerprint density at radius 1 is 1.03 bits per heavy atom. The monoisotopic (exact) mass is 512 g/mol. The molecule has 8 heteroatoms. The Bertz CT molecular complexity index is 1230. The Morgan fingerprint density at radius 3 is 2.44 bits per heavy atom. The minimum atomic E-state index is -0.484. The summed E-state index contributed by atoms with van der Waals surface area (Å²) in [5, 5.41) is 7.89. The van der Waals surface area contributed by atoms with Crippen molar-refractivity contribution in [2.24, 2.45) is 0 Å². The van der Waals surface area contributed by atoms with E-state index in [0.29, 0.717) is 38.8 Å². The van der Waals surface area contributed by atoms with Crippen molar-refractivity contribution in [1.29, 1.82) is 0 Å². The minimum Gasteiger partial charge on any atom is -0.489 e. The van der Waals surface area contributed by atoms with Gasteiger partial charge in [-0.1, -0.05) is 71.7 Å². The van der Waals surface area contributed by atoms with Gasteiger partial charge >= 0.3 is 5.97 Å². The number of carbonyl (C=O) groups is 1. The fraction of sp³-hybridized carbons (Fsp3) is 0.154. The summed E-state index contributed by atoms with van der Waals surface area (Å²) in [5.74, 6) is 0.253. The Balaban J connectivity index is 1.62. The summed E-state index contributed by atoms with van der Waals surface area (Å²) in [6.45, 7) is 2.35. The van der Waals surface area contributed by atoms with E-state index in [1.54, 1.807) is 19.1 Å². The second-order valence-corrected chi connectivity index (χ2v) is 8.75. The number of nitrogens with one attached hydrogen (secondary N) is 2. The van der Waals surface area contributed by atoms with Crippen LogP contribution in [0.5, 0.6) is 5.75 Å². The first-order valence-electron chi connectivity index (χ1n) is 10.7. The van der Waals surface area contributed by atoms with Crippen LogP contribution in [0.15, 0.2) is 78.4 Å². The highest BCUT2D eigenvalue weighted by molar-refractivity contribution is 7.80. The van der Waals surface area contributed by atoms with Crippen molar-refractivity contribution in [3.63, 3.8) is 0 Å². The Labute approximate surface area is 213 Å². The van der Waals surface area contributed by atoms with Crippen molar-refractivity contribution in [2.75, 3.05) is 6.61 Å². The van der Waals surface area contributed by atoms with Crippen molar-refractivity contribution < 1.29 is 14.3 Å². The number of carbonyl (C=O) groups excluding carboxylic acids is 1. The first kappa shape index (κ1) is 24.1. The molecule has 2 N–H and O–H groups in total. The van der Waals surface area contributed by atoms with E-state index in [9.17, 15) is 4.79 Å². The molecular weight excluding hydrogens is 491 g/mol. The van der Waals surface area contributed by atoms with E-state index >= 15 is 0 Å². The normalized spacial score (nSPS) is 15.4. The lowest BCUT2D eigenvalue weighted by Gasteiger charge is -2.31. The predicted molar refractivity (Wildman–Crippen MR) is 139 cm³/mol. The topological polar surface area (TPSA) is 59.6 Å². The van der Waals surface area contributed by atoms with Gasteiger partial charge in [0.15, 0.2) is 5.11 Å². The number of benzene rings is 3. The van der Waals surface area contributed by atoms with Gasteiger partial charge in [-0.05, 0) is 54.5 Å². The highest BCUT2D eigenvalue weighted by Crippen LogP contribution is 2.33. The van der Waals surface area contributed by atoms with Gasteiger partial charge in [0.2, 0.25) is 0 Å². The number of esters is 1. The molecule has 0 saturated heterocycles. The zero-order valence-corrected chi connectivity index (χ0v) is 20.6. The molecule has 0 amide bonds. The first-order valence-corrected chi connectivity index (χ1v) is 11.8. The van der Waals surface area contributed by atoms with Crippen LogP contribution in [-0.2, 0) is 16.1 Å². The van der Waals surface area contributed by atoms with Crippen molar-refractivity contribution in [2.45, 2.75) is 19.6 Å². The molecular formula is C26H22Cl2N2O3S. The van der Waals surface area contributed by atoms with E-state index < -0.39 is 12.0 Å². The van der Waals surface area contributed by atoms with Crippen LogP contribution in [0.25, 0.3) is 5.70 Å². The fourth-order valence-electron chi connectivity index (χ4n) is 3.63. The molecule has 174 valence electrons. The number of rotatable bonds is 7. The molecule has 1 aliphatic rings. The highest BCUT2D eigenvalue weighted by Gasteiger charge is 2.33. The van der Waals surface area contributed by atoms with E-state index in [-0.39, 0.29) is 6.61 Å². The largest absolute Gasteiger partial charge is 0.489 e. The van der Waals surface area contributed by atoms with E-state index in [0.717, 1.165) is 16.7 Å². The zero-order chi connectivity index (χ0) is 24.1. The Kier molecular flexibility index (Phi) is 7.73. The van der Waals surface area contributed by atoms with Crippen LogP contribution in [-0.4, -0.2) is 17.7 Å². The summed E-state index contributed by atoms with van der Waals surface area (Å²) in [5.41, 5.74) is 3.62. The van der Waals surface area contributed by atoms with Crippen LogP contribution in [0.4, 0.5) is 0 Å². The lowest BCUT2D eigenvalue weighted by Crippen LogP contribution is -2.45. The van der Waals surface area contributed by atoms with Gasteiger partial charge in [-0.15, -0.1) is 0 Å². The first-order chi connectivity index (χ1) is 16.5. The van der Waals surface area contributed by atoms with Crippen molar-refractivity contribution >= 4 is 52.2 Å². The number of hydrogen-bond donors (Lipinski definition) is 2. The average molecular weight is 513 g/mol. The van der Waals surface area contributed by atoms with Crippen LogP contribution in [0.2, 0.25) is 10.0 Å². The van der Waals surface area contributed by atoms with Crippen LogP contribution in [0.1, 0.15) is 29.7 Å². The number of halogens is 2. The molecule has 1 heterocycles. The predicted octanol–water partition coefficient (Wildman–Crippen LogP) is 6.07. The Morgan fingerprint density at radius 2 is 1.76 bits per heavy atom. The lowest BCUT2D eigenvalue weighted by atomic mass is 9.93. The van der Waals surface area contributed by atoms with E-state index in [1.165, 1.54) is 0 Å². The molecule has 1 aliphatic heterocycles. The summed E-state index contributed by atoms with van der Waals surface area (Å²) in [6.07, 6.45) is 0. The molecule has 5 nitrogen and oxygen atoms in total. The summed E-state index contributed by atoms with van der Waals surface area (Å²) in [6, 6.07) is 21.9. The van der Waals surface area contributed by atoms with Gasteiger partial charge in [0.05, 0.1) is 23.9 Å². The third-order valence-corrected chi connectivity index (χ3v) is 6.06. The number of ether oxygens (including phenoxy) is 2. The molecule has 3 aromatic carbocycles. The highest BCUT2D eigenvalue weighted by atomic mass is 35.5. The second-order valence-electron chi connectivity index (χ2n) is 7.50. The summed E-state index contributed by atoms with van der Waals surface area (Å²) < 4.78 is 11.3. The van der Waals surface area contributed by atoms with Gasteiger partial charge in [0.1, 0.15) is 12.4 Å². The maximum atomic E-state index is 13.0. The Hall–Kier alpha value is -3.06. The van der Waals surface area contributed by atoms with Gasteiger partial charge in [0, 0.05) is 15.6 Å². The molecule has 0 aromatic heterocycles. The molecule has 0 aliphatic carbocycles. The molecule has 1 atom stereocenters. The molecule has 0 unspecified atom stereocenters. The summed E-state index contributed by atoms with van der Waals surface area (Å²) >= 11 is 17.6. The molecule has 34 heavy (non-hydrogen) atoms. The van der Waals surface area contributed by atoms with Crippen LogP contribution in [0.3, 0.4) is 0 Å². The van der Waals surface area contributed by atoms with Gasteiger partial charge in [0.25, 0.3) is 0 Å². The van der Waals surface area contributed by atoms with Crippen molar-refractivity contribution in [3.05, 3.63) is 105 Å². The third kappa shape index (κ3) is 5.53. The van der Waals surface area contributed by atoms with E-state index in [4.69, 9.17) is 44.9 Å². The SMILES string of the molecule is CCOC(=O)C1=C(c2ccccc2)NC(=S)N[C@H]1c1ccc(OCc2ccc(Cl)cc2Cl)cc1. The zero-order valence-electron chi connectivity index (χ0n) is 18.3. The number of hydrogen-bond acceptors (Lipinski definition) is 4. The van der Waals surface area contributed by atoms with E-state index in [2.05, 4.69) is 10.6 Å². The molecule has 0 saturated carbocycles. The standard InChI is InChI=1S/C26H22Cl2N2O3S/c1-2-32-25(31)22-23(16-6-4-3-5-7-16)29-26(34)30-24(22)17-9-12-20(13-10-17)33-15-18-8-11-19(27)14-21(18)28/h3-14,24H,2,15H2,1H3,(H2,29,30,34)/t24-/m0/s1. The van der Waals surface area contributed by atoms with Gasteiger partial charge in [-0.3, -0.25) is 0 Å². The average Bonchev–Trinajstić information content (AvgIpc) is 2.84. The molecule has 0 bridgehead atoms. The molecule has 0 radical (unpaired) electrons. The number of thiocarbonyl (C=S) groups is 1. The van der Waals surface area contributed by atoms with E-state index in [1.807, 2.05) is 60.7 Å². The lowest BCUT2D eigenvalue weighted by molar-refractivity contribution is -0.138. The fourth-order valence-corrected chi connectivity index (χ4v) is 4.32. The molecule has 3 aromatic rings. The molecule has 0 fully saturated rings.